The van der Waals surface area contributed by atoms with Crippen LogP contribution in [0, 0.1) is 0 Å². The molecule has 0 aliphatic carbocycles. The molecule has 1 aromatic carbocycles. The minimum atomic E-state index is 0.361. The molecule has 2 aromatic rings. The Morgan fingerprint density at radius 1 is 1.30 bits per heavy atom. The van der Waals surface area contributed by atoms with Gasteiger partial charge in [-0.1, -0.05) is 42.0 Å². The van der Waals surface area contributed by atoms with E-state index in [4.69, 9.17) is 29.6 Å². The van der Waals surface area contributed by atoms with Crippen LogP contribution in [0.3, 0.4) is 0 Å². The van der Waals surface area contributed by atoms with E-state index in [2.05, 4.69) is 9.88 Å². The summed E-state index contributed by atoms with van der Waals surface area (Å²) in [4.78, 5) is 6.83. The van der Waals surface area contributed by atoms with Crippen LogP contribution in [-0.4, -0.2) is 21.9 Å². The van der Waals surface area contributed by atoms with Gasteiger partial charge in [0.25, 0.3) is 0 Å². The molecule has 104 valence electrons. The summed E-state index contributed by atoms with van der Waals surface area (Å²) >= 11 is 11.2. The molecular weight excluding hydrogens is 290 g/mol. The molecule has 1 aromatic heterocycles. The highest BCUT2D eigenvalue weighted by molar-refractivity contribution is 7.80. The highest BCUT2D eigenvalue weighted by Gasteiger charge is 2.07. The van der Waals surface area contributed by atoms with Crippen molar-refractivity contribution in [3.8, 4) is 0 Å². The Morgan fingerprint density at radius 3 is 2.70 bits per heavy atom. The van der Waals surface area contributed by atoms with Crippen LogP contribution in [0.15, 0.2) is 42.6 Å². The number of hydrogen-bond acceptors (Lipinski definition) is 3. The van der Waals surface area contributed by atoms with Crippen molar-refractivity contribution in [3.05, 3.63) is 64.4 Å². The van der Waals surface area contributed by atoms with Gasteiger partial charge in [0.05, 0.1) is 5.69 Å². The van der Waals surface area contributed by atoms with Crippen molar-refractivity contribution < 1.29 is 0 Å². The fourth-order valence-electron chi connectivity index (χ4n) is 1.94. The summed E-state index contributed by atoms with van der Waals surface area (Å²) < 4.78 is 0. The summed E-state index contributed by atoms with van der Waals surface area (Å²) in [6.07, 6.45) is 1.80. The van der Waals surface area contributed by atoms with Gasteiger partial charge in [0, 0.05) is 29.9 Å². The van der Waals surface area contributed by atoms with E-state index in [0.29, 0.717) is 10.0 Å². The van der Waals surface area contributed by atoms with Crippen molar-refractivity contribution in [2.45, 2.75) is 13.1 Å². The third-order valence-corrected chi connectivity index (χ3v) is 3.52. The Bertz CT molecular complexity index is 601. The zero-order valence-corrected chi connectivity index (χ0v) is 12.8. The van der Waals surface area contributed by atoms with Crippen LogP contribution >= 0.6 is 23.8 Å². The van der Waals surface area contributed by atoms with Crippen molar-refractivity contribution >= 4 is 28.8 Å². The molecule has 2 N–H and O–H groups in total. The van der Waals surface area contributed by atoms with Crippen molar-refractivity contribution in [1.29, 1.82) is 0 Å². The molecule has 5 heteroatoms. The molecular formula is C15H16ClN3S. The lowest BCUT2D eigenvalue weighted by molar-refractivity contribution is 0.315. The van der Waals surface area contributed by atoms with E-state index in [9.17, 15) is 0 Å². The summed E-state index contributed by atoms with van der Waals surface area (Å²) in [6.45, 7) is 1.52. The first-order valence-corrected chi connectivity index (χ1v) is 7.01. The number of nitrogens with zero attached hydrogens (tertiary/aromatic N) is 2. The first-order valence-electron chi connectivity index (χ1n) is 6.23. The monoisotopic (exact) mass is 305 g/mol. The number of thiocarbonyl (C=S) groups is 1. The average Bonchev–Trinajstić information content (AvgIpc) is 2.42. The maximum absolute atomic E-state index is 6.26. The molecule has 0 saturated heterocycles. The zero-order chi connectivity index (χ0) is 14.5. The predicted molar refractivity (Wildman–Crippen MR) is 86.7 cm³/mol. The molecule has 0 aliphatic heterocycles. The summed E-state index contributed by atoms with van der Waals surface area (Å²) in [5.74, 6) is 0. The molecule has 2 rings (SSSR count). The quantitative estimate of drug-likeness (QED) is 0.862. The molecule has 0 fully saturated rings. The number of halogens is 1. The van der Waals surface area contributed by atoms with E-state index in [1.807, 2.05) is 43.4 Å². The summed E-state index contributed by atoms with van der Waals surface area (Å²) in [6, 6.07) is 11.6. The molecule has 20 heavy (non-hydrogen) atoms. The molecule has 1 heterocycles. The molecule has 0 atom stereocenters. The molecule has 0 spiro atoms. The van der Waals surface area contributed by atoms with Crippen LogP contribution in [0.5, 0.6) is 0 Å². The van der Waals surface area contributed by atoms with Gasteiger partial charge in [-0.05, 0) is 30.8 Å². The van der Waals surface area contributed by atoms with E-state index in [0.717, 1.165) is 29.9 Å². The number of hydrogen-bond donors (Lipinski definition) is 1. The van der Waals surface area contributed by atoms with Gasteiger partial charge < -0.3 is 5.73 Å². The van der Waals surface area contributed by atoms with Crippen LogP contribution in [0.2, 0.25) is 5.02 Å². The third-order valence-electron chi connectivity index (χ3n) is 2.94. The van der Waals surface area contributed by atoms with E-state index in [1.165, 1.54) is 0 Å². The maximum Gasteiger partial charge on any atom is 0.104 e. The second-order valence-corrected chi connectivity index (χ2v) is 5.51. The minimum Gasteiger partial charge on any atom is -0.389 e. The number of benzene rings is 1. The van der Waals surface area contributed by atoms with Gasteiger partial charge in [0.2, 0.25) is 0 Å². The Kier molecular flexibility index (Phi) is 5.06. The normalized spacial score (nSPS) is 10.8. The van der Waals surface area contributed by atoms with Crippen molar-refractivity contribution in [2.75, 3.05) is 7.05 Å². The Balaban J connectivity index is 2.04. The largest absolute Gasteiger partial charge is 0.389 e. The second-order valence-electron chi connectivity index (χ2n) is 4.66. The lowest BCUT2D eigenvalue weighted by Gasteiger charge is -2.17. The van der Waals surface area contributed by atoms with Crippen LogP contribution in [0.4, 0.5) is 0 Å². The van der Waals surface area contributed by atoms with Gasteiger partial charge in [-0.15, -0.1) is 0 Å². The van der Waals surface area contributed by atoms with Crippen molar-refractivity contribution in [3.63, 3.8) is 0 Å². The van der Waals surface area contributed by atoms with Gasteiger partial charge in [-0.3, -0.25) is 9.88 Å². The lowest BCUT2D eigenvalue weighted by Crippen LogP contribution is -2.18. The number of rotatable bonds is 5. The van der Waals surface area contributed by atoms with Gasteiger partial charge >= 0.3 is 0 Å². The average molecular weight is 306 g/mol. The van der Waals surface area contributed by atoms with Gasteiger partial charge in [0.1, 0.15) is 4.99 Å². The fraction of sp³-hybridized carbons (Fsp3) is 0.200. The summed E-state index contributed by atoms with van der Waals surface area (Å²) in [5, 5.41) is 0.683. The summed E-state index contributed by atoms with van der Waals surface area (Å²) in [7, 11) is 2.03. The van der Waals surface area contributed by atoms with Gasteiger partial charge in [-0.25, -0.2) is 0 Å². The van der Waals surface area contributed by atoms with E-state index in [-0.39, 0.29) is 0 Å². The Hall–Kier alpha value is -1.49. The van der Waals surface area contributed by atoms with Crippen LogP contribution < -0.4 is 5.73 Å². The van der Waals surface area contributed by atoms with E-state index in [1.54, 1.807) is 6.20 Å². The van der Waals surface area contributed by atoms with Crippen molar-refractivity contribution in [1.82, 2.24) is 9.88 Å². The molecule has 0 saturated carbocycles. The number of pyridine rings is 1. The van der Waals surface area contributed by atoms with Crippen LogP contribution in [-0.2, 0) is 13.1 Å². The lowest BCUT2D eigenvalue weighted by atomic mass is 10.1. The van der Waals surface area contributed by atoms with E-state index >= 15 is 0 Å². The smallest absolute Gasteiger partial charge is 0.104 e. The van der Waals surface area contributed by atoms with Crippen LogP contribution in [0.25, 0.3) is 0 Å². The minimum absolute atomic E-state index is 0.361. The first-order chi connectivity index (χ1) is 9.56. The summed E-state index contributed by atoms with van der Waals surface area (Å²) in [5.41, 5.74) is 8.46. The zero-order valence-electron chi connectivity index (χ0n) is 11.2. The Morgan fingerprint density at radius 2 is 2.10 bits per heavy atom. The standard InChI is InChI=1S/C15H16ClN3S/c1-19(10-13-4-2-3-7-18-13)9-12-6-5-11(15(17)20)8-14(12)16/h2-8H,9-10H2,1H3,(H2,17,20). The molecule has 0 aliphatic rings. The first kappa shape index (κ1) is 14.9. The molecule has 0 amide bonds. The fourth-order valence-corrected chi connectivity index (χ4v) is 2.31. The molecule has 0 bridgehead atoms. The van der Waals surface area contributed by atoms with Crippen LogP contribution in [0.1, 0.15) is 16.8 Å². The number of nitrogens with two attached hydrogens (primary N) is 1. The highest BCUT2D eigenvalue weighted by Crippen LogP contribution is 2.20. The topological polar surface area (TPSA) is 42.2 Å². The molecule has 0 radical (unpaired) electrons. The highest BCUT2D eigenvalue weighted by atomic mass is 35.5. The second kappa shape index (κ2) is 6.79. The van der Waals surface area contributed by atoms with Gasteiger partial charge in [0.15, 0.2) is 0 Å². The number of aromatic nitrogens is 1. The van der Waals surface area contributed by atoms with Gasteiger partial charge in [-0.2, -0.15) is 0 Å². The predicted octanol–water partition coefficient (Wildman–Crippen LogP) is 3.00. The Labute approximate surface area is 129 Å². The molecule has 3 nitrogen and oxygen atoms in total. The third kappa shape index (κ3) is 4.00. The van der Waals surface area contributed by atoms with E-state index < -0.39 is 0 Å². The van der Waals surface area contributed by atoms with Crippen molar-refractivity contribution in [2.24, 2.45) is 5.73 Å². The molecule has 0 unspecified atom stereocenters. The maximum atomic E-state index is 6.26. The SMILES string of the molecule is CN(Cc1ccccn1)Cc1ccc(C(N)=S)cc1Cl.